The fourth-order valence-corrected chi connectivity index (χ4v) is 1.16. The maximum atomic E-state index is 13.2. The number of nitrogens with one attached hydrogen (secondary N) is 2. The van der Waals surface area contributed by atoms with Crippen LogP contribution in [-0.2, 0) is 0 Å². The largest absolute Gasteiger partial charge is 0.307 e. The van der Waals surface area contributed by atoms with Crippen molar-refractivity contribution in [3.05, 3.63) is 47.9 Å². The van der Waals surface area contributed by atoms with Crippen LogP contribution in [0.4, 0.5) is 10.2 Å². The van der Waals surface area contributed by atoms with Gasteiger partial charge in [-0.1, -0.05) is 12.1 Å². The van der Waals surface area contributed by atoms with Crippen LogP contribution in [-0.4, -0.2) is 16.1 Å². The van der Waals surface area contributed by atoms with Gasteiger partial charge in [-0.3, -0.25) is 9.89 Å². The second-order valence-corrected chi connectivity index (χ2v) is 2.90. The summed E-state index contributed by atoms with van der Waals surface area (Å²) < 4.78 is 13.2. The number of halogens is 1. The summed E-state index contributed by atoms with van der Waals surface area (Å²) in [6, 6.07) is 7.37. The molecule has 1 heterocycles. The number of rotatable bonds is 2. The summed E-state index contributed by atoms with van der Waals surface area (Å²) in [6.45, 7) is 0. The van der Waals surface area contributed by atoms with Gasteiger partial charge in [-0.15, -0.1) is 0 Å². The maximum Gasteiger partial charge on any atom is 0.259 e. The van der Waals surface area contributed by atoms with Gasteiger partial charge in [0.15, 0.2) is 0 Å². The Morgan fingerprint density at radius 2 is 2.13 bits per heavy atom. The maximum absolute atomic E-state index is 13.2. The van der Waals surface area contributed by atoms with E-state index in [2.05, 4.69) is 15.5 Å². The molecule has 5 heteroatoms. The smallest absolute Gasteiger partial charge is 0.259 e. The molecule has 0 aliphatic carbocycles. The summed E-state index contributed by atoms with van der Waals surface area (Å²) in [5.41, 5.74) is 0.00657. The highest BCUT2D eigenvalue weighted by Gasteiger charge is 2.10. The van der Waals surface area contributed by atoms with Crippen molar-refractivity contribution in [2.45, 2.75) is 0 Å². The molecule has 0 radical (unpaired) electrons. The van der Waals surface area contributed by atoms with Gasteiger partial charge in [-0.25, -0.2) is 4.39 Å². The molecule has 0 saturated heterocycles. The quantitative estimate of drug-likeness (QED) is 0.785. The van der Waals surface area contributed by atoms with E-state index in [1.54, 1.807) is 12.1 Å². The third kappa shape index (κ3) is 2.01. The Kier molecular flexibility index (Phi) is 2.45. The molecule has 2 rings (SSSR count). The van der Waals surface area contributed by atoms with E-state index in [1.165, 1.54) is 24.4 Å². The summed E-state index contributed by atoms with van der Waals surface area (Å²) in [5.74, 6) is -0.616. The molecule has 0 saturated carbocycles. The number of benzene rings is 1. The Hall–Kier alpha value is -2.17. The molecule has 15 heavy (non-hydrogen) atoms. The first-order valence-electron chi connectivity index (χ1n) is 4.32. The molecule has 0 spiro atoms. The SMILES string of the molecule is O=C(Nc1ccn[nH]1)c1ccccc1F. The summed E-state index contributed by atoms with van der Waals surface area (Å²) >= 11 is 0. The fourth-order valence-electron chi connectivity index (χ4n) is 1.16. The van der Waals surface area contributed by atoms with E-state index < -0.39 is 11.7 Å². The minimum absolute atomic E-state index is 0.00657. The topological polar surface area (TPSA) is 57.8 Å². The Morgan fingerprint density at radius 3 is 2.80 bits per heavy atom. The molecule has 1 aromatic carbocycles. The van der Waals surface area contributed by atoms with Gasteiger partial charge in [0.25, 0.3) is 5.91 Å². The van der Waals surface area contributed by atoms with Crippen LogP contribution in [0.3, 0.4) is 0 Å². The average Bonchev–Trinajstić information content (AvgIpc) is 2.71. The van der Waals surface area contributed by atoms with Gasteiger partial charge in [0, 0.05) is 6.07 Å². The number of aromatic amines is 1. The number of carbonyl (C=O) groups is 1. The summed E-state index contributed by atoms with van der Waals surface area (Å²) in [6.07, 6.45) is 1.50. The van der Waals surface area contributed by atoms with Crippen molar-refractivity contribution in [2.75, 3.05) is 5.32 Å². The van der Waals surface area contributed by atoms with Crippen molar-refractivity contribution in [3.8, 4) is 0 Å². The molecule has 0 fully saturated rings. The summed E-state index contributed by atoms with van der Waals surface area (Å²) in [7, 11) is 0. The van der Waals surface area contributed by atoms with Gasteiger partial charge in [0.2, 0.25) is 0 Å². The predicted molar refractivity (Wildman–Crippen MR) is 52.9 cm³/mol. The van der Waals surface area contributed by atoms with Crippen LogP contribution in [0.2, 0.25) is 0 Å². The zero-order valence-electron chi connectivity index (χ0n) is 7.70. The lowest BCUT2D eigenvalue weighted by atomic mass is 10.2. The molecular weight excluding hydrogens is 197 g/mol. The molecule has 0 aliphatic heterocycles. The molecule has 4 nitrogen and oxygen atoms in total. The van der Waals surface area contributed by atoms with Gasteiger partial charge in [0.1, 0.15) is 11.6 Å². The number of hydrogen-bond donors (Lipinski definition) is 2. The Morgan fingerprint density at radius 1 is 1.33 bits per heavy atom. The van der Waals surface area contributed by atoms with Crippen molar-refractivity contribution in [1.29, 1.82) is 0 Å². The molecule has 76 valence electrons. The predicted octanol–water partition coefficient (Wildman–Crippen LogP) is 1.80. The molecule has 0 atom stereocenters. The van der Waals surface area contributed by atoms with Crippen LogP contribution >= 0.6 is 0 Å². The highest BCUT2D eigenvalue weighted by Crippen LogP contribution is 2.09. The Bertz CT molecular complexity index is 467. The highest BCUT2D eigenvalue weighted by atomic mass is 19.1. The Balaban J connectivity index is 2.19. The van der Waals surface area contributed by atoms with Crippen molar-refractivity contribution in [1.82, 2.24) is 10.2 Å². The van der Waals surface area contributed by atoms with Gasteiger partial charge in [0.05, 0.1) is 11.8 Å². The molecule has 1 aromatic heterocycles. The van der Waals surface area contributed by atoms with Crippen LogP contribution in [0, 0.1) is 5.82 Å². The van der Waals surface area contributed by atoms with E-state index in [4.69, 9.17) is 0 Å². The molecular formula is C10H8FN3O. The fraction of sp³-hybridized carbons (Fsp3) is 0. The standard InChI is InChI=1S/C10H8FN3O/c11-8-4-2-1-3-7(8)10(15)13-9-5-6-12-14-9/h1-6H,(H2,12,13,14,15). The van der Waals surface area contributed by atoms with E-state index in [9.17, 15) is 9.18 Å². The second kappa shape index (κ2) is 3.91. The molecule has 1 amide bonds. The lowest BCUT2D eigenvalue weighted by molar-refractivity contribution is 0.102. The number of nitrogens with zero attached hydrogens (tertiary/aromatic N) is 1. The van der Waals surface area contributed by atoms with Crippen molar-refractivity contribution >= 4 is 11.7 Å². The van der Waals surface area contributed by atoms with Crippen LogP contribution < -0.4 is 5.32 Å². The molecule has 2 aromatic rings. The lowest BCUT2D eigenvalue weighted by Crippen LogP contribution is -2.13. The number of amides is 1. The number of anilines is 1. The number of carbonyl (C=O) groups excluding carboxylic acids is 1. The normalized spacial score (nSPS) is 9.93. The molecule has 2 N–H and O–H groups in total. The van der Waals surface area contributed by atoms with Crippen LogP contribution in [0.25, 0.3) is 0 Å². The van der Waals surface area contributed by atoms with Gasteiger partial charge >= 0.3 is 0 Å². The monoisotopic (exact) mass is 205 g/mol. The van der Waals surface area contributed by atoms with E-state index >= 15 is 0 Å². The summed E-state index contributed by atoms with van der Waals surface area (Å²) in [4.78, 5) is 11.5. The number of hydrogen-bond acceptors (Lipinski definition) is 2. The van der Waals surface area contributed by atoms with Crippen molar-refractivity contribution in [2.24, 2.45) is 0 Å². The van der Waals surface area contributed by atoms with Gasteiger partial charge < -0.3 is 5.32 Å². The van der Waals surface area contributed by atoms with E-state index in [-0.39, 0.29) is 5.56 Å². The molecule has 0 unspecified atom stereocenters. The van der Waals surface area contributed by atoms with Gasteiger partial charge in [-0.2, -0.15) is 5.10 Å². The minimum atomic E-state index is -0.547. The highest BCUT2D eigenvalue weighted by molar-refractivity contribution is 6.03. The molecule has 0 bridgehead atoms. The first-order chi connectivity index (χ1) is 7.27. The van der Waals surface area contributed by atoms with E-state index in [0.717, 1.165) is 0 Å². The number of H-pyrrole nitrogens is 1. The zero-order valence-corrected chi connectivity index (χ0v) is 7.70. The third-order valence-electron chi connectivity index (χ3n) is 1.87. The Labute approximate surface area is 85.1 Å². The van der Waals surface area contributed by atoms with Crippen molar-refractivity contribution in [3.63, 3.8) is 0 Å². The lowest BCUT2D eigenvalue weighted by Gasteiger charge is -2.02. The number of aromatic nitrogens is 2. The zero-order chi connectivity index (χ0) is 10.7. The summed E-state index contributed by atoms with van der Waals surface area (Å²) in [5, 5.41) is 8.69. The minimum Gasteiger partial charge on any atom is -0.307 e. The third-order valence-corrected chi connectivity index (χ3v) is 1.87. The first kappa shape index (κ1) is 9.39. The van der Waals surface area contributed by atoms with E-state index in [0.29, 0.717) is 5.82 Å². The van der Waals surface area contributed by atoms with Crippen LogP contribution in [0.15, 0.2) is 36.5 Å². The van der Waals surface area contributed by atoms with Crippen LogP contribution in [0.1, 0.15) is 10.4 Å². The van der Waals surface area contributed by atoms with Gasteiger partial charge in [-0.05, 0) is 12.1 Å². The van der Waals surface area contributed by atoms with Crippen LogP contribution in [0.5, 0.6) is 0 Å². The average molecular weight is 205 g/mol. The van der Waals surface area contributed by atoms with E-state index in [1.807, 2.05) is 0 Å². The molecule has 0 aliphatic rings. The first-order valence-corrected chi connectivity index (χ1v) is 4.32. The van der Waals surface area contributed by atoms with Crippen molar-refractivity contribution < 1.29 is 9.18 Å². The second-order valence-electron chi connectivity index (χ2n) is 2.90.